The number of piperidine rings is 1. The molecular formula is C12H13N3O3. The lowest BCUT2D eigenvalue weighted by Gasteiger charge is -2.19. The SMILES string of the molecule is O=C(c1nnc(-c2ccco2)o1)C1CCNCC1. The maximum atomic E-state index is 12.1. The maximum absolute atomic E-state index is 12.1. The summed E-state index contributed by atoms with van der Waals surface area (Å²) in [4.78, 5) is 12.1. The van der Waals surface area contributed by atoms with Crippen molar-refractivity contribution in [3.05, 3.63) is 24.3 Å². The van der Waals surface area contributed by atoms with E-state index in [-0.39, 0.29) is 23.5 Å². The quantitative estimate of drug-likeness (QED) is 0.828. The summed E-state index contributed by atoms with van der Waals surface area (Å²) in [5.74, 6) is 0.718. The van der Waals surface area contributed by atoms with Crippen molar-refractivity contribution >= 4 is 5.78 Å². The summed E-state index contributed by atoms with van der Waals surface area (Å²) in [6.07, 6.45) is 3.16. The number of nitrogens with one attached hydrogen (secondary N) is 1. The first-order chi connectivity index (χ1) is 8.84. The van der Waals surface area contributed by atoms with Gasteiger partial charge in [0.15, 0.2) is 5.76 Å². The topological polar surface area (TPSA) is 81.2 Å². The van der Waals surface area contributed by atoms with Gasteiger partial charge in [0.1, 0.15) is 0 Å². The number of ketones is 1. The van der Waals surface area contributed by atoms with Crippen molar-refractivity contribution in [2.24, 2.45) is 5.92 Å². The highest BCUT2D eigenvalue weighted by atomic mass is 16.4. The lowest BCUT2D eigenvalue weighted by Crippen LogP contribution is -2.32. The number of hydrogen-bond acceptors (Lipinski definition) is 6. The van der Waals surface area contributed by atoms with Gasteiger partial charge in [-0.3, -0.25) is 4.79 Å². The van der Waals surface area contributed by atoms with Gasteiger partial charge >= 0.3 is 0 Å². The molecule has 0 unspecified atom stereocenters. The van der Waals surface area contributed by atoms with Crippen LogP contribution in [0.25, 0.3) is 11.7 Å². The Balaban J connectivity index is 1.78. The highest BCUT2D eigenvalue weighted by Crippen LogP contribution is 2.21. The van der Waals surface area contributed by atoms with Crippen molar-refractivity contribution in [3.63, 3.8) is 0 Å². The van der Waals surface area contributed by atoms with Crippen LogP contribution in [0.4, 0.5) is 0 Å². The number of Topliss-reactive ketones (excluding diaryl/α,β-unsaturated/α-hetero) is 1. The second-order valence-electron chi connectivity index (χ2n) is 4.28. The monoisotopic (exact) mass is 247 g/mol. The van der Waals surface area contributed by atoms with E-state index in [0.29, 0.717) is 5.76 Å². The van der Waals surface area contributed by atoms with Crippen molar-refractivity contribution in [1.82, 2.24) is 15.5 Å². The highest BCUT2D eigenvalue weighted by Gasteiger charge is 2.27. The van der Waals surface area contributed by atoms with Gasteiger partial charge in [-0.05, 0) is 38.1 Å². The molecule has 18 heavy (non-hydrogen) atoms. The molecule has 1 aliphatic heterocycles. The Morgan fingerprint density at radius 1 is 1.33 bits per heavy atom. The zero-order chi connectivity index (χ0) is 12.4. The smallest absolute Gasteiger partial charge is 0.284 e. The molecule has 0 aromatic carbocycles. The van der Waals surface area contributed by atoms with E-state index < -0.39 is 0 Å². The van der Waals surface area contributed by atoms with Gasteiger partial charge in [0.2, 0.25) is 5.78 Å². The fourth-order valence-corrected chi connectivity index (χ4v) is 2.08. The summed E-state index contributed by atoms with van der Waals surface area (Å²) >= 11 is 0. The number of hydrogen-bond donors (Lipinski definition) is 1. The predicted octanol–water partition coefficient (Wildman–Crippen LogP) is 1.51. The molecule has 2 aromatic rings. The summed E-state index contributed by atoms with van der Waals surface area (Å²) < 4.78 is 10.5. The molecule has 3 heterocycles. The Morgan fingerprint density at radius 3 is 2.89 bits per heavy atom. The molecule has 94 valence electrons. The zero-order valence-corrected chi connectivity index (χ0v) is 9.76. The van der Waals surface area contributed by atoms with E-state index in [1.165, 1.54) is 6.26 Å². The Labute approximate surface area is 103 Å². The molecule has 0 saturated carbocycles. The van der Waals surface area contributed by atoms with Crippen molar-refractivity contribution in [3.8, 4) is 11.7 Å². The first-order valence-electron chi connectivity index (χ1n) is 5.97. The van der Waals surface area contributed by atoms with Crippen molar-refractivity contribution in [2.75, 3.05) is 13.1 Å². The molecule has 0 radical (unpaired) electrons. The van der Waals surface area contributed by atoms with E-state index in [1.54, 1.807) is 12.1 Å². The van der Waals surface area contributed by atoms with Gasteiger partial charge < -0.3 is 14.2 Å². The summed E-state index contributed by atoms with van der Waals surface area (Å²) in [5.41, 5.74) is 0. The molecule has 2 aromatic heterocycles. The average molecular weight is 247 g/mol. The van der Waals surface area contributed by atoms with Crippen molar-refractivity contribution < 1.29 is 13.6 Å². The van der Waals surface area contributed by atoms with Gasteiger partial charge in [0.25, 0.3) is 11.8 Å². The third kappa shape index (κ3) is 2.06. The molecule has 0 amide bonds. The molecule has 1 N–H and O–H groups in total. The minimum absolute atomic E-state index is 0.0175. The van der Waals surface area contributed by atoms with E-state index in [2.05, 4.69) is 15.5 Å². The Kier molecular flexibility index (Phi) is 2.93. The summed E-state index contributed by atoms with van der Waals surface area (Å²) in [6.45, 7) is 1.71. The fraction of sp³-hybridized carbons (Fsp3) is 0.417. The van der Waals surface area contributed by atoms with Crippen molar-refractivity contribution in [1.29, 1.82) is 0 Å². The lowest BCUT2D eigenvalue weighted by molar-refractivity contribution is 0.0859. The Morgan fingerprint density at radius 2 is 2.17 bits per heavy atom. The van der Waals surface area contributed by atoms with Crippen LogP contribution in [0.2, 0.25) is 0 Å². The van der Waals surface area contributed by atoms with E-state index in [4.69, 9.17) is 8.83 Å². The number of nitrogens with zero attached hydrogens (tertiary/aromatic N) is 2. The molecular weight excluding hydrogens is 234 g/mol. The molecule has 1 saturated heterocycles. The standard InChI is InChI=1S/C12H13N3O3/c16-10(8-3-5-13-6-4-8)12-15-14-11(18-12)9-2-1-7-17-9/h1-2,7-8,13H,3-6H2. The third-order valence-corrected chi connectivity index (χ3v) is 3.08. The highest BCUT2D eigenvalue weighted by molar-refractivity contribution is 5.93. The van der Waals surface area contributed by atoms with E-state index in [0.717, 1.165) is 25.9 Å². The normalized spacial score (nSPS) is 16.9. The first-order valence-corrected chi connectivity index (χ1v) is 5.97. The number of aromatic nitrogens is 2. The summed E-state index contributed by atoms with van der Waals surface area (Å²) in [5, 5.41) is 10.8. The Bertz CT molecular complexity index is 527. The molecule has 1 fully saturated rings. The number of furan rings is 1. The molecule has 6 nitrogen and oxygen atoms in total. The zero-order valence-electron chi connectivity index (χ0n) is 9.76. The van der Waals surface area contributed by atoms with Gasteiger partial charge in [-0.2, -0.15) is 0 Å². The first kappa shape index (κ1) is 11.2. The van der Waals surface area contributed by atoms with Crippen LogP contribution in [-0.2, 0) is 0 Å². The van der Waals surface area contributed by atoms with Crippen LogP contribution < -0.4 is 5.32 Å². The van der Waals surface area contributed by atoms with Crippen LogP contribution in [0.3, 0.4) is 0 Å². The van der Waals surface area contributed by atoms with Gasteiger partial charge in [-0.15, -0.1) is 10.2 Å². The van der Waals surface area contributed by atoms with Gasteiger partial charge in [0, 0.05) is 5.92 Å². The van der Waals surface area contributed by atoms with Gasteiger partial charge in [-0.1, -0.05) is 0 Å². The molecule has 3 rings (SSSR count). The van der Waals surface area contributed by atoms with E-state index >= 15 is 0 Å². The van der Waals surface area contributed by atoms with Crippen LogP contribution >= 0.6 is 0 Å². The summed E-state index contributed by atoms with van der Waals surface area (Å²) in [7, 11) is 0. The van der Waals surface area contributed by atoms with Crippen LogP contribution in [0.5, 0.6) is 0 Å². The fourth-order valence-electron chi connectivity index (χ4n) is 2.08. The second kappa shape index (κ2) is 4.73. The van der Waals surface area contributed by atoms with Crippen LogP contribution in [0, 0.1) is 5.92 Å². The minimum atomic E-state index is -0.0678. The third-order valence-electron chi connectivity index (χ3n) is 3.08. The minimum Gasteiger partial charge on any atom is -0.459 e. The second-order valence-corrected chi connectivity index (χ2v) is 4.28. The lowest BCUT2D eigenvalue weighted by atomic mass is 9.93. The molecule has 0 aliphatic carbocycles. The Hall–Kier alpha value is -1.95. The van der Waals surface area contributed by atoms with Crippen LogP contribution in [0.1, 0.15) is 23.5 Å². The molecule has 0 bridgehead atoms. The molecule has 6 heteroatoms. The van der Waals surface area contributed by atoms with Gasteiger partial charge in [0.05, 0.1) is 6.26 Å². The number of rotatable bonds is 3. The molecule has 0 atom stereocenters. The number of carbonyl (C=O) groups excluding carboxylic acids is 1. The van der Waals surface area contributed by atoms with Crippen LogP contribution in [-0.4, -0.2) is 29.1 Å². The van der Waals surface area contributed by atoms with Crippen LogP contribution in [0.15, 0.2) is 27.2 Å². The van der Waals surface area contributed by atoms with E-state index in [1.807, 2.05) is 0 Å². The average Bonchev–Trinajstić information content (AvgIpc) is 3.09. The van der Waals surface area contributed by atoms with Crippen molar-refractivity contribution in [2.45, 2.75) is 12.8 Å². The number of carbonyl (C=O) groups is 1. The maximum Gasteiger partial charge on any atom is 0.284 e. The molecule has 1 aliphatic rings. The summed E-state index contributed by atoms with van der Waals surface area (Å²) in [6, 6.07) is 3.44. The van der Waals surface area contributed by atoms with E-state index in [9.17, 15) is 4.79 Å². The largest absolute Gasteiger partial charge is 0.459 e. The van der Waals surface area contributed by atoms with Gasteiger partial charge in [-0.25, -0.2) is 0 Å². The predicted molar refractivity (Wildman–Crippen MR) is 61.9 cm³/mol. The molecule has 0 spiro atoms.